The lowest BCUT2D eigenvalue weighted by Gasteiger charge is -2.31. The highest BCUT2D eigenvalue weighted by atomic mass is 16.4. The number of H-pyrrole nitrogens is 1. The van der Waals surface area contributed by atoms with Gasteiger partial charge in [0.05, 0.1) is 12.6 Å². The van der Waals surface area contributed by atoms with Gasteiger partial charge in [0.25, 0.3) is 0 Å². The fourth-order valence-corrected chi connectivity index (χ4v) is 8.85. The average molecular weight is 989 g/mol. The molecule has 0 aliphatic carbocycles. The fraction of sp³-hybridized carbons (Fsp3) is 0.521. The van der Waals surface area contributed by atoms with Gasteiger partial charge in [-0.15, -0.1) is 0 Å². The number of aliphatic carboxylic acids is 1. The van der Waals surface area contributed by atoms with Gasteiger partial charge in [0.1, 0.15) is 48.0 Å². The summed E-state index contributed by atoms with van der Waals surface area (Å²) < 4.78 is 0. The molecule has 3 aromatic rings. The minimum absolute atomic E-state index is 0.00947. The highest BCUT2D eigenvalue weighted by molar-refractivity contribution is 5.98. The summed E-state index contributed by atoms with van der Waals surface area (Å²) in [4.78, 5) is 119. The van der Waals surface area contributed by atoms with Crippen molar-refractivity contribution in [1.29, 1.82) is 0 Å². The van der Waals surface area contributed by atoms with Crippen molar-refractivity contribution in [3.8, 4) is 5.75 Å². The van der Waals surface area contributed by atoms with Crippen LogP contribution in [0.2, 0.25) is 0 Å². The lowest BCUT2D eigenvalue weighted by Crippen LogP contribution is -2.61. The molecule has 7 amide bonds. The number of carbonyl (C=O) groups excluding carboxylic acids is 7. The van der Waals surface area contributed by atoms with Gasteiger partial charge in [-0.05, 0) is 80.7 Å². The molecule has 3 heterocycles. The number of nitrogens with zero attached hydrogens (tertiary/aromatic N) is 3. The molecule has 0 unspecified atom stereocenters. The van der Waals surface area contributed by atoms with Crippen LogP contribution >= 0.6 is 0 Å². The van der Waals surface area contributed by atoms with Crippen molar-refractivity contribution in [2.24, 2.45) is 28.1 Å². The monoisotopic (exact) mass is 989 g/mol. The number of carboxylic acid groups (broad SMARTS) is 1. The summed E-state index contributed by atoms with van der Waals surface area (Å²) in [5.74, 6) is -6.96. The number of carbonyl (C=O) groups is 8. The third-order valence-corrected chi connectivity index (χ3v) is 13.0. The molecular formula is C48H68N12O11. The van der Waals surface area contributed by atoms with E-state index in [1.807, 2.05) is 24.3 Å². The van der Waals surface area contributed by atoms with Gasteiger partial charge in [-0.3, -0.25) is 38.6 Å². The van der Waals surface area contributed by atoms with Gasteiger partial charge in [-0.25, -0.2) is 4.79 Å². The van der Waals surface area contributed by atoms with Crippen LogP contribution in [0.1, 0.15) is 76.8 Å². The zero-order valence-corrected chi connectivity index (χ0v) is 40.3. The van der Waals surface area contributed by atoms with Crippen LogP contribution in [-0.4, -0.2) is 158 Å². The Hall–Kier alpha value is -7.27. The van der Waals surface area contributed by atoms with E-state index in [-0.39, 0.29) is 63.4 Å². The van der Waals surface area contributed by atoms with Crippen LogP contribution in [0.25, 0.3) is 10.9 Å². The van der Waals surface area contributed by atoms with Crippen molar-refractivity contribution in [3.63, 3.8) is 0 Å². The van der Waals surface area contributed by atoms with Crippen LogP contribution in [0.4, 0.5) is 0 Å². The molecule has 23 nitrogen and oxygen atoms in total. The minimum Gasteiger partial charge on any atom is -0.508 e. The molecule has 5 rings (SSSR count). The molecular weight excluding hydrogens is 921 g/mol. The van der Waals surface area contributed by atoms with Gasteiger partial charge in [0.15, 0.2) is 5.96 Å². The number of hydrogen-bond donors (Lipinski definition) is 12. The highest BCUT2D eigenvalue weighted by Crippen LogP contribution is 2.24. The molecule has 2 aromatic carbocycles. The summed E-state index contributed by atoms with van der Waals surface area (Å²) in [5.41, 5.74) is 18.5. The van der Waals surface area contributed by atoms with Gasteiger partial charge in [-0.1, -0.05) is 50.6 Å². The number of aliphatic imine (C=N–C) groups is 1. The van der Waals surface area contributed by atoms with Crippen molar-refractivity contribution in [3.05, 3.63) is 65.9 Å². The van der Waals surface area contributed by atoms with E-state index in [2.05, 4.69) is 36.6 Å². The number of aromatic hydroxyl groups is 1. The molecule has 71 heavy (non-hydrogen) atoms. The normalized spacial score (nSPS) is 18.5. The van der Waals surface area contributed by atoms with E-state index in [9.17, 15) is 53.7 Å². The van der Waals surface area contributed by atoms with Crippen LogP contribution in [-0.2, 0) is 51.2 Å². The second-order valence-electron chi connectivity index (χ2n) is 18.2. The number of guanidine groups is 1. The van der Waals surface area contributed by atoms with Crippen LogP contribution in [0.15, 0.2) is 59.7 Å². The van der Waals surface area contributed by atoms with Gasteiger partial charge >= 0.3 is 5.97 Å². The maximum Gasteiger partial charge on any atom is 0.326 e. The lowest BCUT2D eigenvalue weighted by molar-refractivity contribution is -0.143. The second-order valence-corrected chi connectivity index (χ2v) is 18.2. The Morgan fingerprint density at radius 3 is 1.94 bits per heavy atom. The Labute approximate surface area is 411 Å². The number of likely N-dealkylation sites (tertiary alicyclic amines) is 2. The molecule has 0 saturated carbocycles. The lowest BCUT2D eigenvalue weighted by atomic mass is 9.96. The molecule has 23 heteroatoms. The number of amides is 7. The molecule has 1 aromatic heterocycles. The van der Waals surface area contributed by atoms with E-state index in [0.29, 0.717) is 36.8 Å². The zero-order chi connectivity index (χ0) is 51.9. The van der Waals surface area contributed by atoms with Crippen LogP contribution in [0.5, 0.6) is 5.75 Å². The second kappa shape index (κ2) is 25.5. The molecule has 386 valence electrons. The van der Waals surface area contributed by atoms with Gasteiger partial charge < -0.3 is 73.9 Å². The SMILES string of the molecule is CC[C@@H](C)[C@@H](NC(=O)[C@@H](Cc1c[nH]c2ccccc12)NC(=O)[C@@H]1CCCN1C(=O)[C@@H](Cc1ccc(O)cc1)NC(=O)[C@@H](CO)NC(=O)[C@H]1CCCN1C(=O)[C@@H](C)N)C(=O)N[C@H](CCCN=C(N)N)C(=O)O. The van der Waals surface area contributed by atoms with E-state index >= 15 is 0 Å². The van der Waals surface area contributed by atoms with Crippen molar-refractivity contribution in [2.75, 3.05) is 26.2 Å². The first-order chi connectivity index (χ1) is 33.8. The molecule has 2 saturated heterocycles. The summed E-state index contributed by atoms with van der Waals surface area (Å²) in [5, 5.41) is 44.3. The fourth-order valence-electron chi connectivity index (χ4n) is 8.85. The summed E-state index contributed by atoms with van der Waals surface area (Å²) >= 11 is 0. The third kappa shape index (κ3) is 14.6. The maximum atomic E-state index is 14.7. The Morgan fingerprint density at radius 1 is 0.761 bits per heavy atom. The molecule has 2 aliphatic heterocycles. The van der Waals surface area contributed by atoms with Crippen molar-refractivity contribution < 1.29 is 53.7 Å². The van der Waals surface area contributed by atoms with Crippen molar-refractivity contribution in [1.82, 2.24) is 41.4 Å². The molecule has 0 radical (unpaired) electrons. The Morgan fingerprint density at radius 2 is 1.35 bits per heavy atom. The van der Waals surface area contributed by atoms with E-state index in [1.165, 1.54) is 28.9 Å². The molecule has 15 N–H and O–H groups in total. The standard InChI is InChI=1S/C48H68N12O11/c1-4-26(2)39(44(67)54-33(47(70)71)12-7-19-52-48(50)51)58-40(63)34(23-29-24-53-32-11-6-5-10-31(29)32)55-42(65)38-14-9-21-60(38)46(69)35(22-28-15-17-30(62)18-16-28)56-41(64)36(25-61)57-43(66)37-13-8-20-59(37)45(68)27(3)49/h5-6,10-11,15-18,24,26-27,33-39,53,61-62H,4,7-9,12-14,19-23,25,49H2,1-3H3,(H,54,67)(H,55,65)(H,56,64)(H,57,66)(H,58,63)(H,70,71)(H4,50,51,52)/t26-,27-,33-,34-,35-,36-,37-,38+,39-/m1/s1. The number of fused-ring (bicyclic) bond motifs is 1. The number of carboxylic acids is 1. The van der Waals surface area contributed by atoms with E-state index < -0.39 is 108 Å². The maximum absolute atomic E-state index is 14.7. The van der Waals surface area contributed by atoms with Gasteiger partial charge in [0, 0.05) is 49.6 Å². The number of aliphatic hydroxyl groups excluding tert-OH is 1. The number of para-hydroxylation sites is 1. The molecule has 0 bridgehead atoms. The first-order valence-electron chi connectivity index (χ1n) is 23.9. The number of phenols is 1. The smallest absolute Gasteiger partial charge is 0.326 e. The Kier molecular flexibility index (Phi) is 19.7. The summed E-state index contributed by atoms with van der Waals surface area (Å²) in [6, 6.07) is 3.46. The average Bonchev–Trinajstić information content (AvgIpc) is 4.14. The number of nitrogens with one attached hydrogen (secondary N) is 6. The highest BCUT2D eigenvalue weighted by Gasteiger charge is 2.42. The third-order valence-electron chi connectivity index (χ3n) is 13.0. The number of nitrogens with two attached hydrogens (primary N) is 3. The minimum atomic E-state index is -1.54. The summed E-state index contributed by atoms with van der Waals surface area (Å²) in [6.07, 6.45) is 3.49. The summed E-state index contributed by atoms with van der Waals surface area (Å²) in [6.45, 7) is 4.64. The molecule has 0 spiro atoms. The van der Waals surface area contributed by atoms with E-state index in [0.717, 1.165) is 10.9 Å². The van der Waals surface area contributed by atoms with Crippen molar-refractivity contribution >= 4 is 64.2 Å². The van der Waals surface area contributed by atoms with Crippen LogP contribution < -0.4 is 43.8 Å². The first kappa shape index (κ1) is 54.7. The predicted molar refractivity (Wildman–Crippen MR) is 261 cm³/mol. The number of aromatic nitrogens is 1. The molecule has 9 atom stereocenters. The Balaban J connectivity index is 1.38. The number of aromatic amines is 1. The van der Waals surface area contributed by atoms with Crippen molar-refractivity contribution in [2.45, 2.75) is 127 Å². The van der Waals surface area contributed by atoms with E-state index in [4.69, 9.17) is 17.2 Å². The van der Waals surface area contributed by atoms with Crippen LogP contribution in [0.3, 0.4) is 0 Å². The number of benzene rings is 2. The predicted octanol–water partition coefficient (Wildman–Crippen LogP) is -1.41. The summed E-state index contributed by atoms with van der Waals surface area (Å²) in [7, 11) is 0. The van der Waals surface area contributed by atoms with Crippen LogP contribution in [0, 0.1) is 5.92 Å². The van der Waals surface area contributed by atoms with Gasteiger partial charge in [0.2, 0.25) is 41.4 Å². The number of phenolic OH excluding ortho intramolecular Hbond substituents is 1. The molecule has 2 aliphatic rings. The van der Waals surface area contributed by atoms with E-state index in [1.54, 1.807) is 32.2 Å². The molecule has 2 fully saturated rings. The number of rotatable bonds is 24. The topological polar surface area (TPSA) is 370 Å². The van der Waals surface area contributed by atoms with Gasteiger partial charge in [-0.2, -0.15) is 0 Å². The zero-order valence-electron chi connectivity index (χ0n) is 40.3. The number of aliphatic hydroxyl groups is 1. The Bertz CT molecular complexity index is 2410. The quantitative estimate of drug-likeness (QED) is 0.0279. The largest absolute Gasteiger partial charge is 0.508 e. The number of hydrogen-bond acceptors (Lipinski definition) is 12. The first-order valence-corrected chi connectivity index (χ1v) is 23.9.